The average molecular weight is 372 g/mol. The lowest BCUT2D eigenvalue weighted by atomic mass is 10.5. The number of alkyl halides is 3. The van der Waals surface area contributed by atoms with E-state index in [0.29, 0.717) is 18.6 Å². The number of halogens is 4. The molecule has 0 aliphatic rings. The summed E-state index contributed by atoms with van der Waals surface area (Å²) < 4.78 is 35.6. The van der Waals surface area contributed by atoms with Crippen LogP contribution in [0, 0.1) is 0 Å². The van der Waals surface area contributed by atoms with Crippen molar-refractivity contribution in [2.45, 2.75) is 12.7 Å². The molecule has 9 nitrogen and oxygen atoms in total. The van der Waals surface area contributed by atoms with Gasteiger partial charge in [-0.1, -0.05) is 0 Å². The van der Waals surface area contributed by atoms with E-state index in [-0.39, 0.29) is 10.9 Å². The predicted octanol–water partition coefficient (Wildman–Crippen LogP) is -0.321. The molecule has 24 heavy (non-hydrogen) atoms. The molecule has 0 aliphatic heterocycles. The van der Waals surface area contributed by atoms with Gasteiger partial charge in [-0.05, 0) is 11.6 Å². The zero-order valence-corrected chi connectivity index (χ0v) is 13.2. The lowest BCUT2D eigenvalue weighted by Gasteiger charge is -2.05. The molecular formula is C11H13ClF3N5O4. The van der Waals surface area contributed by atoms with E-state index < -0.39 is 23.4 Å². The zero-order chi connectivity index (χ0) is 18.8. The molecule has 0 spiro atoms. The molecule has 2 rings (SSSR count). The fraction of sp³-hybridized carbons (Fsp3) is 0.455. The van der Waals surface area contributed by atoms with Crippen LogP contribution in [0.3, 0.4) is 0 Å². The molecule has 0 bridgehead atoms. The van der Waals surface area contributed by atoms with Crippen molar-refractivity contribution in [1.82, 2.24) is 18.7 Å². The summed E-state index contributed by atoms with van der Waals surface area (Å²) in [5.41, 5.74) is 5.17. The Morgan fingerprint density at radius 1 is 1.29 bits per heavy atom. The molecule has 0 fully saturated rings. The summed E-state index contributed by atoms with van der Waals surface area (Å²) >= 11 is 5.93. The van der Waals surface area contributed by atoms with E-state index in [1.807, 2.05) is 0 Å². The molecule has 2 heterocycles. The van der Waals surface area contributed by atoms with Crippen molar-refractivity contribution in [3.8, 4) is 0 Å². The average Bonchev–Trinajstić information content (AvgIpc) is 2.80. The van der Waals surface area contributed by atoms with E-state index in [0.717, 1.165) is 4.57 Å². The van der Waals surface area contributed by atoms with Gasteiger partial charge in [-0.3, -0.25) is 13.9 Å². The highest BCUT2D eigenvalue weighted by Gasteiger charge is 2.38. The summed E-state index contributed by atoms with van der Waals surface area (Å²) in [6, 6.07) is 0. The number of carbonyl (C=O) groups is 1. The Hall–Kier alpha value is -2.34. The molecule has 2 aromatic heterocycles. The van der Waals surface area contributed by atoms with Crippen molar-refractivity contribution in [3.63, 3.8) is 0 Å². The van der Waals surface area contributed by atoms with E-state index in [4.69, 9.17) is 27.2 Å². The normalized spacial score (nSPS) is 11.3. The number of nitrogens with zero attached hydrogens (tertiary/aromatic N) is 4. The number of hydrogen-bond donors (Lipinski definition) is 2. The number of hydrogen-bond acceptors (Lipinski definition) is 5. The molecule has 13 heteroatoms. The summed E-state index contributed by atoms with van der Waals surface area (Å²) in [5.74, 6) is -2.76. The standard InChI is InChI=1S/C9H12ClN5O2.C2HF3O2/c1-13-6-5(7(16)14(2)9(13)17)15(4-3-11)8(10)12-6;3-2(4,5)1(6)7/h3-4,11H2,1-2H3;(H,6,7). The van der Waals surface area contributed by atoms with Crippen LogP contribution in [0.2, 0.25) is 5.28 Å². The monoisotopic (exact) mass is 371 g/mol. The molecule has 0 aliphatic carbocycles. The fourth-order valence-electron chi connectivity index (χ4n) is 1.75. The van der Waals surface area contributed by atoms with Gasteiger partial charge in [-0.2, -0.15) is 18.2 Å². The van der Waals surface area contributed by atoms with Crippen molar-refractivity contribution in [2.75, 3.05) is 6.54 Å². The smallest absolute Gasteiger partial charge is 0.475 e. The minimum atomic E-state index is -5.08. The van der Waals surface area contributed by atoms with Gasteiger partial charge in [0.25, 0.3) is 5.56 Å². The third-order valence-corrected chi connectivity index (χ3v) is 3.19. The summed E-state index contributed by atoms with van der Waals surface area (Å²) in [6.45, 7) is 0.708. The van der Waals surface area contributed by atoms with Gasteiger partial charge in [0.15, 0.2) is 11.2 Å². The number of imidazole rings is 1. The molecule has 0 radical (unpaired) electrons. The molecule has 0 amide bonds. The van der Waals surface area contributed by atoms with Gasteiger partial charge in [0.05, 0.1) is 0 Å². The van der Waals surface area contributed by atoms with E-state index in [2.05, 4.69) is 4.98 Å². The molecule has 134 valence electrons. The maximum Gasteiger partial charge on any atom is 0.490 e. The van der Waals surface area contributed by atoms with Crippen molar-refractivity contribution < 1.29 is 23.1 Å². The highest BCUT2D eigenvalue weighted by molar-refractivity contribution is 6.29. The predicted molar refractivity (Wildman–Crippen MR) is 78.0 cm³/mol. The molecule has 2 aromatic rings. The minimum absolute atomic E-state index is 0.156. The number of aryl methyl sites for hydroxylation is 1. The van der Waals surface area contributed by atoms with Crippen molar-refractivity contribution in [2.24, 2.45) is 19.8 Å². The molecular weight excluding hydrogens is 359 g/mol. The van der Waals surface area contributed by atoms with Gasteiger partial charge in [-0.15, -0.1) is 0 Å². The highest BCUT2D eigenvalue weighted by atomic mass is 35.5. The van der Waals surface area contributed by atoms with Gasteiger partial charge < -0.3 is 15.4 Å². The van der Waals surface area contributed by atoms with E-state index in [9.17, 15) is 22.8 Å². The maximum atomic E-state index is 12.0. The zero-order valence-electron chi connectivity index (χ0n) is 12.5. The molecule has 0 atom stereocenters. The second-order valence-electron chi connectivity index (χ2n) is 4.50. The van der Waals surface area contributed by atoms with E-state index in [1.54, 1.807) is 7.05 Å². The van der Waals surface area contributed by atoms with Crippen molar-refractivity contribution >= 4 is 28.7 Å². The number of aliphatic carboxylic acids is 1. The van der Waals surface area contributed by atoms with Crippen molar-refractivity contribution in [1.29, 1.82) is 0 Å². The van der Waals surface area contributed by atoms with Crippen LogP contribution in [-0.4, -0.2) is 42.5 Å². The first-order valence-electron chi connectivity index (χ1n) is 6.25. The Morgan fingerprint density at radius 3 is 2.21 bits per heavy atom. The molecule has 0 unspecified atom stereocenters. The second kappa shape index (κ2) is 7.05. The second-order valence-corrected chi connectivity index (χ2v) is 4.84. The number of carboxylic acids is 1. The maximum absolute atomic E-state index is 12.0. The topological polar surface area (TPSA) is 125 Å². The molecule has 3 N–H and O–H groups in total. The fourth-order valence-corrected chi connectivity index (χ4v) is 2.00. The highest BCUT2D eigenvalue weighted by Crippen LogP contribution is 2.14. The Morgan fingerprint density at radius 2 is 1.79 bits per heavy atom. The van der Waals surface area contributed by atoms with Gasteiger partial charge in [0.2, 0.25) is 5.28 Å². The minimum Gasteiger partial charge on any atom is -0.475 e. The first-order chi connectivity index (χ1) is 10.9. The van der Waals surface area contributed by atoms with Crippen LogP contribution in [0.15, 0.2) is 9.59 Å². The summed E-state index contributed by atoms with van der Waals surface area (Å²) in [7, 11) is 2.96. The number of nitrogens with two attached hydrogens (primary N) is 1. The van der Waals surface area contributed by atoms with E-state index in [1.165, 1.54) is 16.2 Å². The van der Waals surface area contributed by atoms with Crippen LogP contribution in [0.5, 0.6) is 0 Å². The first kappa shape index (κ1) is 19.7. The number of aromatic nitrogens is 4. The van der Waals surface area contributed by atoms with Crippen LogP contribution < -0.4 is 17.0 Å². The largest absolute Gasteiger partial charge is 0.490 e. The lowest BCUT2D eigenvalue weighted by Crippen LogP contribution is -2.37. The van der Waals surface area contributed by atoms with Crippen LogP contribution in [0.25, 0.3) is 11.2 Å². The van der Waals surface area contributed by atoms with Crippen LogP contribution in [0.4, 0.5) is 13.2 Å². The summed E-state index contributed by atoms with van der Waals surface area (Å²) in [5, 5.41) is 7.28. The Kier molecular flexibility index (Phi) is 5.79. The Balaban J connectivity index is 0.000000351. The number of carboxylic acid groups (broad SMARTS) is 1. The van der Waals surface area contributed by atoms with Crippen LogP contribution in [-0.2, 0) is 25.4 Å². The number of fused-ring (bicyclic) bond motifs is 1. The molecule has 0 aromatic carbocycles. The van der Waals surface area contributed by atoms with Crippen LogP contribution >= 0.6 is 11.6 Å². The summed E-state index contributed by atoms with van der Waals surface area (Å²) in [4.78, 5) is 36.6. The van der Waals surface area contributed by atoms with Gasteiger partial charge >= 0.3 is 17.8 Å². The quantitative estimate of drug-likeness (QED) is 0.697. The third-order valence-electron chi connectivity index (χ3n) is 2.90. The van der Waals surface area contributed by atoms with E-state index >= 15 is 0 Å². The first-order valence-corrected chi connectivity index (χ1v) is 6.63. The molecule has 0 saturated carbocycles. The number of rotatable bonds is 2. The van der Waals surface area contributed by atoms with Gasteiger partial charge in [0, 0.05) is 27.2 Å². The van der Waals surface area contributed by atoms with Gasteiger partial charge in [0.1, 0.15) is 0 Å². The molecule has 0 saturated heterocycles. The van der Waals surface area contributed by atoms with Crippen LogP contribution in [0.1, 0.15) is 0 Å². The SMILES string of the molecule is Cn1c(=O)c2c(nc(Cl)n2CCN)n(C)c1=O.O=C(O)C(F)(F)F. The Bertz CT molecular complexity index is 883. The summed E-state index contributed by atoms with van der Waals surface area (Å²) in [6.07, 6.45) is -5.08. The van der Waals surface area contributed by atoms with Gasteiger partial charge in [-0.25, -0.2) is 9.59 Å². The third kappa shape index (κ3) is 3.76. The van der Waals surface area contributed by atoms with Crippen molar-refractivity contribution in [3.05, 3.63) is 26.1 Å². The lowest BCUT2D eigenvalue weighted by molar-refractivity contribution is -0.192. The Labute approximate surface area is 136 Å².